The molecule has 1 aliphatic carbocycles. The van der Waals surface area contributed by atoms with Crippen molar-refractivity contribution in [2.45, 2.75) is 37.1 Å². The molecule has 1 aromatic rings. The summed E-state index contributed by atoms with van der Waals surface area (Å²) in [7, 11) is 3.25. The van der Waals surface area contributed by atoms with Crippen LogP contribution < -0.4 is 0 Å². The highest BCUT2D eigenvalue weighted by Crippen LogP contribution is 2.44. The molecule has 0 amide bonds. The first-order valence-corrected chi connectivity index (χ1v) is 7.20. The number of ether oxygens (including phenoxy) is 3. The van der Waals surface area contributed by atoms with Gasteiger partial charge in [0.2, 0.25) is 0 Å². The summed E-state index contributed by atoms with van der Waals surface area (Å²) >= 11 is 0. The molecule has 1 aromatic carbocycles. The molecule has 0 unspecified atom stereocenters. The van der Waals surface area contributed by atoms with Crippen molar-refractivity contribution in [1.29, 1.82) is 0 Å². The second-order valence-corrected chi connectivity index (χ2v) is 5.55. The highest BCUT2D eigenvalue weighted by molar-refractivity contribution is 5.24. The van der Waals surface area contributed by atoms with Gasteiger partial charge in [0.15, 0.2) is 5.79 Å². The molecular weight excluding hydrogens is 275 g/mol. The zero-order valence-corrected chi connectivity index (χ0v) is 12.6. The highest BCUT2D eigenvalue weighted by Gasteiger charge is 2.46. The molecule has 0 aromatic heterocycles. The number of hydrogen-bond acceptors (Lipinski definition) is 4. The zero-order valence-electron chi connectivity index (χ0n) is 12.6. The van der Waals surface area contributed by atoms with Crippen molar-refractivity contribution >= 4 is 0 Å². The molecule has 1 saturated carbocycles. The molecule has 2 aliphatic rings. The Morgan fingerprint density at radius 1 is 1.00 bits per heavy atom. The van der Waals surface area contributed by atoms with E-state index in [4.69, 9.17) is 9.47 Å². The van der Waals surface area contributed by atoms with Crippen LogP contribution in [0.15, 0.2) is 24.3 Å². The summed E-state index contributed by atoms with van der Waals surface area (Å²) in [5.74, 6) is -0.760. The van der Waals surface area contributed by atoms with E-state index in [1.165, 1.54) is 12.1 Å². The minimum atomic E-state index is -0.881. The number of methoxy groups -OCH3 is 1. The van der Waals surface area contributed by atoms with Crippen LogP contribution in [-0.4, -0.2) is 38.3 Å². The topological polar surface area (TPSA) is 47.9 Å². The minimum absolute atomic E-state index is 0.280. The van der Waals surface area contributed by atoms with Crippen LogP contribution in [0, 0.1) is 5.82 Å². The fraction of sp³-hybridized carbons (Fsp3) is 0.625. The number of hydrogen-bond donors (Lipinski definition) is 1. The van der Waals surface area contributed by atoms with Gasteiger partial charge in [-0.1, -0.05) is 12.1 Å². The Bertz CT molecular complexity index is 430. The summed E-state index contributed by atoms with van der Waals surface area (Å²) in [6.45, 7) is 1.27. The van der Waals surface area contributed by atoms with Gasteiger partial charge in [-0.15, -0.1) is 0 Å². The van der Waals surface area contributed by atoms with Gasteiger partial charge in [0.05, 0.1) is 18.8 Å². The third-order valence-electron chi connectivity index (χ3n) is 4.03. The van der Waals surface area contributed by atoms with E-state index in [9.17, 15) is 9.50 Å². The van der Waals surface area contributed by atoms with E-state index in [1.54, 1.807) is 26.4 Å². The first-order valence-electron chi connectivity index (χ1n) is 7.20. The molecule has 0 bridgehead atoms. The number of halogens is 1. The maximum Gasteiger partial charge on any atom is 0.168 e. The highest BCUT2D eigenvalue weighted by atomic mass is 19.1. The van der Waals surface area contributed by atoms with Crippen molar-refractivity contribution in [2.75, 3.05) is 27.4 Å². The Hall–Kier alpha value is -1.01. The second kappa shape index (κ2) is 6.83. The van der Waals surface area contributed by atoms with Gasteiger partial charge in [0.1, 0.15) is 5.82 Å². The Balaban J connectivity index is 0.000000497. The van der Waals surface area contributed by atoms with Crippen molar-refractivity contribution in [1.82, 2.24) is 0 Å². The summed E-state index contributed by atoms with van der Waals surface area (Å²) in [5.41, 5.74) is -0.106. The summed E-state index contributed by atoms with van der Waals surface area (Å²) < 4.78 is 28.4. The Morgan fingerprint density at radius 3 is 1.95 bits per heavy atom. The van der Waals surface area contributed by atoms with E-state index in [0.717, 1.165) is 5.56 Å². The van der Waals surface area contributed by atoms with Crippen LogP contribution >= 0.6 is 0 Å². The van der Waals surface area contributed by atoms with E-state index in [2.05, 4.69) is 4.74 Å². The molecule has 5 heteroatoms. The molecule has 1 saturated heterocycles. The quantitative estimate of drug-likeness (QED) is 0.866. The van der Waals surface area contributed by atoms with Crippen LogP contribution in [0.1, 0.15) is 31.2 Å². The van der Waals surface area contributed by atoms with E-state index in [1.807, 2.05) is 0 Å². The predicted molar refractivity (Wildman–Crippen MR) is 76.3 cm³/mol. The van der Waals surface area contributed by atoms with E-state index in [0.29, 0.717) is 38.9 Å². The molecule has 1 heterocycles. The van der Waals surface area contributed by atoms with Crippen molar-refractivity contribution in [3.63, 3.8) is 0 Å². The van der Waals surface area contributed by atoms with E-state index in [-0.39, 0.29) is 5.82 Å². The fourth-order valence-electron chi connectivity index (χ4n) is 2.88. The van der Waals surface area contributed by atoms with Crippen LogP contribution in [0.3, 0.4) is 0 Å². The van der Waals surface area contributed by atoms with Gasteiger partial charge in [-0.2, -0.15) is 0 Å². The molecule has 21 heavy (non-hydrogen) atoms. The van der Waals surface area contributed by atoms with Crippen LogP contribution in [0.5, 0.6) is 0 Å². The van der Waals surface area contributed by atoms with Crippen molar-refractivity contribution < 1.29 is 23.7 Å². The van der Waals surface area contributed by atoms with Crippen molar-refractivity contribution in [3.8, 4) is 0 Å². The first kappa shape index (κ1) is 16.4. The predicted octanol–water partition coefficient (Wildman–Crippen LogP) is 2.59. The lowest BCUT2D eigenvalue weighted by Gasteiger charge is -2.40. The average Bonchev–Trinajstić information content (AvgIpc) is 2.93. The summed E-state index contributed by atoms with van der Waals surface area (Å²) in [6.07, 6.45) is 2.53. The molecule has 2 fully saturated rings. The van der Waals surface area contributed by atoms with E-state index >= 15 is 0 Å². The van der Waals surface area contributed by atoms with Crippen LogP contribution in [0.4, 0.5) is 4.39 Å². The maximum absolute atomic E-state index is 12.9. The molecule has 118 valence electrons. The Labute approximate surface area is 124 Å². The number of rotatable bonds is 1. The number of benzene rings is 1. The molecule has 0 radical (unpaired) electrons. The van der Waals surface area contributed by atoms with Crippen LogP contribution in [0.2, 0.25) is 0 Å². The third kappa shape index (κ3) is 3.80. The second-order valence-electron chi connectivity index (χ2n) is 5.55. The maximum atomic E-state index is 12.9. The smallest absolute Gasteiger partial charge is 0.168 e. The average molecular weight is 298 g/mol. The lowest BCUT2D eigenvalue weighted by molar-refractivity contribution is -0.204. The lowest BCUT2D eigenvalue weighted by atomic mass is 9.77. The first-order chi connectivity index (χ1) is 10.0. The standard InChI is InChI=1S/C14H17FO3.C2H6O/c15-12-3-1-11(2-4-12)13(16)5-7-14(8-6-13)17-9-10-18-14;1-3-2/h1-4,16H,5-10H2;1-2H3. The van der Waals surface area contributed by atoms with Gasteiger partial charge in [-0.25, -0.2) is 4.39 Å². The van der Waals surface area contributed by atoms with Crippen LogP contribution in [-0.2, 0) is 19.8 Å². The van der Waals surface area contributed by atoms with Crippen molar-refractivity contribution in [3.05, 3.63) is 35.6 Å². The molecule has 4 nitrogen and oxygen atoms in total. The monoisotopic (exact) mass is 298 g/mol. The van der Waals surface area contributed by atoms with E-state index < -0.39 is 11.4 Å². The summed E-state index contributed by atoms with van der Waals surface area (Å²) in [6, 6.07) is 6.09. The third-order valence-corrected chi connectivity index (χ3v) is 4.03. The van der Waals surface area contributed by atoms with Gasteiger partial charge in [-0.05, 0) is 30.5 Å². The van der Waals surface area contributed by atoms with Gasteiger partial charge < -0.3 is 19.3 Å². The Kier molecular flexibility index (Phi) is 5.32. The molecule has 3 rings (SSSR count). The summed E-state index contributed by atoms with van der Waals surface area (Å²) in [4.78, 5) is 0. The van der Waals surface area contributed by atoms with Gasteiger partial charge in [0, 0.05) is 27.1 Å². The zero-order chi connectivity index (χ0) is 15.3. The van der Waals surface area contributed by atoms with Crippen LogP contribution in [0.25, 0.3) is 0 Å². The summed E-state index contributed by atoms with van der Waals surface area (Å²) in [5, 5.41) is 10.6. The minimum Gasteiger partial charge on any atom is -0.388 e. The molecule has 1 aliphatic heterocycles. The largest absolute Gasteiger partial charge is 0.388 e. The molecule has 1 N–H and O–H groups in total. The van der Waals surface area contributed by atoms with Gasteiger partial charge in [-0.3, -0.25) is 0 Å². The lowest BCUT2D eigenvalue weighted by Crippen LogP contribution is -2.42. The van der Waals surface area contributed by atoms with Gasteiger partial charge >= 0.3 is 0 Å². The fourth-order valence-corrected chi connectivity index (χ4v) is 2.88. The molecular formula is C16H23FO4. The molecule has 0 atom stereocenters. The SMILES string of the molecule is COC.OC1(c2ccc(F)cc2)CCC2(CC1)OCCO2. The normalized spacial score (nSPS) is 22.7. The Morgan fingerprint density at radius 2 is 1.48 bits per heavy atom. The van der Waals surface area contributed by atoms with Gasteiger partial charge in [0.25, 0.3) is 0 Å². The molecule has 1 spiro atoms. The van der Waals surface area contributed by atoms with Crippen molar-refractivity contribution in [2.24, 2.45) is 0 Å². The number of aliphatic hydroxyl groups is 1.